The zero-order valence-electron chi connectivity index (χ0n) is 8.72. The highest BCUT2D eigenvalue weighted by Gasteiger charge is 2.04. The summed E-state index contributed by atoms with van der Waals surface area (Å²) in [5.74, 6) is 0.466. The number of rotatable bonds is 3. The second-order valence-electron chi connectivity index (χ2n) is 3.62. The van der Waals surface area contributed by atoms with Gasteiger partial charge in [-0.2, -0.15) is 0 Å². The molecule has 1 aromatic carbocycles. The highest BCUT2D eigenvalue weighted by atomic mass is 16.3. The molecule has 0 unspecified atom stereocenters. The predicted molar refractivity (Wildman–Crippen MR) is 56.2 cm³/mol. The quantitative estimate of drug-likeness (QED) is 0.752. The van der Waals surface area contributed by atoms with Gasteiger partial charge in [-0.15, -0.1) is 0 Å². The number of phenols is 1. The largest absolute Gasteiger partial charge is 0.507 e. The number of hydrogen-bond donors (Lipinski definition) is 1. The minimum atomic E-state index is 0.466. The third-order valence-corrected chi connectivity index (χ3v) is 2.54. The number of aryl methyl sites for hydroxylation is 2. The Hall–Kier alpha value is -0.980. The molecule has 13 heavy (non-hydrogen) atoms. The lowest BCUT2D eigenvalue weighted by Gasteiger charge is -2.08. The Morgan fingerprint density at radius 3 is 2.54 bits per heavy atom. The van der Waals surface area contributed by atoms with E-state index in [1.54, 1.807) is 0 Å². The Labute approximate surface area is 80.4 Å². The number of aromatic hydroxyl groups is 1. The Morgan fingerprint density at radius 1 is 1.23 bits per heavy atom. The van der Waals surface area contributed by atoms with Gasteiger partial charge < -0.3 is 5.11 Å². The fraction of sp³-hybridized carbons (Fsp3) is 0.500. The molecule has 0 saturated heterocycles. The zero-order valence-corrected chi connectivity index (χ0v) is 8.72. The van der Waals surface area contributed by atoms with Gasteiger partial charge in [-0.05, 0) is 43.4 Å². The summed E-state index contributed by atoms with van der Waals surface area (Å²) in [5.41, 5.74) is 3.30. The maximum Gasteiger partial charge on any atom is 0.121 e. The minimum absolute atomic E-state index is 0.466. The summed E-state index contributed by atoms with van der Waals surface area (Å²) >= 11 is 0. The molecule has 1 rings (SSSR count). The first-order valence-electron chi connectivity index (χ1n) is 4.94. The molecule has 0 fully saturated rings. The smallest absolute Gasteiger partial charge is 0.121 e. The van der Waals surface area contributed by atoms with Gasteiger partial charge in [0.2, 0.25) is 0 Å². The van der Waals surface area contributed by atoms with Crippen LogP contribution in [0.15, 0.2) is 12.1 Å². The zero-order chi connectivity index (χ0) is 9.84. The van der Waals surface area contributed by atoms with Crippen molar-refractivity contribution in [3.05, 3.63) is 28.8 Å². The molecule has 1 nitrogen and oxygen atoms in total. The van der Waals surface area contributed by atoms with Crippen molar-refractivity contribution in [1.82, 2.24) is 0 Å². The normalized spacial score (nSPS) is 10.4. The van der Waals surface area contributed by atoms with Crippen molar-refractivity contribution in [1.29, 1.82) is 0 Å². The second-order valence-corrected chi connectivity index (χ2v) is 3.62. The second kappa shape index (κ2) is 4.31. The van der Waals surface area contributed by atoms with Crippen molar-refractivity contribution in [2.75, 3.05) is 0 Å². The van der Waals surface area contributed by atoms with Crippen molar-refractivity contribution in [2.24, 2.45) is 0 Å². The lowest BCUT2D eigenvalue weighted by molar-refractivity contribution is 0.465. The van der Waals surface area contributed by atoms with E-state index in [1.807, 2.05) is 19.9 Å². The highest BCUT2D eigenvalue weighted by Crippen LogP contribution is 2.25. The molecule has 72 valence electrons. The van der Waals surface area contributed by atoms with Crippen LogP contribution in [0.4, 0.5) is 0 Å². The van der Waals surface area contributed by atoms with Crippen molar-refractivity contribution in [3.63, 3.8) is 0 Å². The molecule has 0 aromatic heterocycles. The van der Waals surface area contributed by atoms with Crippen LogP contribution in [0.2, 0.25) is 0 Å². The molecule has 1 heteroatoms. The molecule has 0 amide bonds. The van der Waals surface area contributed by atoms with Gasteiger partial charge in [-0.3, -0.25) is 0 Å². The fourth-order valence-electron chi connectivity index (χ4n) is 1.52. The molecule has 0 spiro atoms. The summed E-state index contributed by atoms with van der Waals surface area (Å²) in [7, 11) is 0. The SMILES string of the molecule is CCCCc1ccc(C)c(O)c1C. The number of unbranched alkanes of at least 4 members (excludes halogenated alkanes) is 1. The van der Waals surface area contributed by atoms with E-state index in [2.05, 4.69) is 13.0 Å². The molecular formula is C12H18O. The van der Waals surface area contributed by atoms with Crippen molar-refractivity contribution in [2.45, 2.75) is 40.0 Å². The average molecular weight is 178 g/mol. The summed E-state index contributed by atoms with van der Waals surface area (Å²) in [6, 6.07) is 4.12. The molecule has 0 aliphatic rings. The Morgan fingerprint density at radius 2 is 1.92 bits per heavy atom. The molecule has 0 aliphatic heterocycles. The Balaban J connectivity index is 2.90. The van der Waals surface area contributed by atoms with Crippen LogP contribution in [-0.4, -0.2) is 5.11 Å². The van der Waals surface area contributed by atoms with E-state index >= 15 is 0 Å². The Kier molecular flexibility index (Phi) is 3.35. The van der Waals surface area contributed by atoms with Gasteiger partial charge in [0.05, 0.1) is 0 Å². The van der Waals surface area contributed by atoms with Crippen LogP contribution in [0.3, 0.4) is 0 Å². The van der Waals surface area contributed by atoms with Crippen LogP contribution in [0.25, 0.3) is 0 Å². The van der Waals surface area contributed by atoms with Gasteiger partial charge in [0.1, 0.15) is 5.75 Å². The monoisotopic (exact) mass is 178 g/mol. The number of benzene rings is 1. The van der Waals surface area contributed by atoms with Gasteiger partial charge in [0.25, 0.3) is 0 Å². The van der Waals surface area contributed by atoms with Crippen LogP contribution < -0.4 is 0 Å². The van der Waals surface area contributed by atoms with Crippen molar-refractivity contribution in [3.8, 4) is 5.75 Å². The first-order valence-corrected chi connectivity index (χ1v) is 4.94. The van der Waals surface area contributed by atoms with Crippen LogP contribution in [0.5, 0.6) is 5.75 Å². The lowest BCUT2D eigenvalue weighted by atomic mass is 10.00. The van der Waals surface area contributed by atoms with Gasteiger partial charge in [-0.1, -0.05) is 25.5 Å². The van der Waals surface area contributed by atoms with E-state index in [4.69, 9.17) is 0 Å². The Bertz CT molecular complexity index is 289. The molecule has 0 aliphatic carbocycles. The van der Waals surface area contributed by atoms with E-state index in [9.17, 15) is 5.11 Å². The summed E-state index contributed by atoms with van der Waals surface area (Å²) in [6.07, 6.45) is 3.48. The summed E-state index contributed by atoms with van der Waals surface area (Å²) in [5, 5.41) is 9.69. The maximum absolute atomic E-state index is 9.69. The first kappa shape index (κ1) is 10.1. The standard InChI is InChI=1S/C12H18O/c1-4-5-6-11-8-7-9(2)12(13)10(11)3/h7-8,13H,4-6H2,1-3H3. The topological polar surface area (TPSA) is 20.2 Å². The molecule has 0 bridgehead atoms. The third-order valence-electron chi connectivity index (χ3n) is 2.54. The molecule has 0 saturated carbocycles. The first-order chi connectivity index (χ1) is 6.16. The van der Waals surface area contributed by atoms with Crippen LogP contribution in [0.1, 0.15) is 36.5 Å². The van der Waals surface area contributed by atoms with Gasteiger partial charge >= 0.3 is 0 Å². The van der Waals surface area contributed by atoms with E-state index in [-0.39, 0.29) is 0 Å². The molecule has 0 radical (unpaired) electrons. The van der Waals surface area contributed by atoms with Gasteiger partial charge in [0, 0.05) is 0 Å². The third kappa shape index (κ3) is 2.24. The van der Waals surface area contributed by atoms with Crippen LogP contribution >= 0.6 is 0 Å². The highest BCUT2D eigenvalue weighted by molar-refractivity contribution is 5.43. The summed E-state index contributed by atoms with van der Waals surface area (Å²) in [4.78, 5) is 0. The van der Waals surface area contributed by atoms with E-state index < -0.39 is 0 Å². The minimum Gasteiger partial charge on any atom is -0.507 e. The van der Waals surface area contributed by atoms with E-state index in [1.165, 1.54) is 18.4 Å². The van der Waals surface area contributed by atoms with Crippen molar-refractivity contribution < 1.29 is 5.11 Å². The van der Waals surface area contributed by atoms with E-state index in [0.29, 0.717) is 5.75 Å². The van der Waals surface area contributed by atoms with Crippen LogP contribution in [-0.2, 0) is 6.42 Å². The number of phenolic OH excluding ortho intramolecular Hbond substituents is 1. The van der Waals surface area contributed by atoms with Gasteiger partial charge in [0.15, 0.2) is 0 Å². The predicted octanol–water partition coefficient (Wildman–Crippen LogP) is 3.35. The molecule has 1 N–H and O–H groups in total. The van der Waals surface area contributed by atoms with Crippen LogP contribution in [0, 0.1) is 13.8 Å². The average Bonchev–Trinajstić information content (AvgIpc) is 2.13. The summed E-state index contributed by atoms with van der Waals surface area (Å²) < 4.78 is 0. The van der Waals surface area contributed by atoms with Crippen molar-refractivity contribution >= 4 is 0 Å². The molecular weight excluding hydrogens is 160 g/mol. The lowest BCUT2D eigenvalue weighted by Crippen LogP contribution is -1.91. The van der Waals surface area contributed by atoms with E-state index in [0.717, 1.165) is 17.5 Å². The molecule has 0 heterocycles. The molecule has 1 aromatic rings. The summed E-state index contributed by atoms with van der Waals surface area (Å²) in [6.45, 7) is 6.11. The maximum atomic E-state index is 9.69. The molecule has 0 atom stereocenters. The number of hydrogen-bond acceptors (Lipinski definition) is 1. The van der Waals surface area contributed by atoms with Gasteiger partial charge in [-0.25, -0.2) is 0 Å². The fourth-order valence-corrected chi connectivity index (χ4v) is 1.52.